The van der Waals surface area contributed by atoms with Gasteiger partial charge in [-0.1, -0.05) is 114 Å². The molecule has 0 heterocycles. The first-order valence-electron chi connectivity index (χ1n) is 8.48. The summed E-state index contributed by atoms with van der Waals surface area (Å²) in [6.07, 6.45) is 31.5. The maximum atomic E-state index is 2.12. The molecule has 19 heavy (non-hydrogen) atoms. The maximum Gasteiger partial charge on any atom is -0.0163 e. The topological polar surface area (TPSA) is 0 Å². The average molecular weight is 260 g/mol. The minimum Gasteiger partial charge on any atom is -0.0807 e. The van der Waals surface area contributed by atoms with Crippen molar-refractivity contribution >= 4 is 0 Å². The monoisotopic (exact) mass is 260 g/mol. The summed E-state index contributed by atoms with van der Waals surface area (Å²) in [4.78, 5) is 0. The molecule has 3 aliphatic carbocycles. The molecule has 0 aromatic heterocycles. The molecule has 0 saturated heterocycles. The summed E-state index contributed by atoms with van der Waals surface area (Å²) in [5, 5.41) is 0. The molecule has 0 aromatic rings. The SMILES string of the molecule is C1=CC=CCC=C1.C1CCCCC1.C1CCCCC1. The van der Waals surface area contributed by atoms with Crippen molar-refractivity contribution < 1.29 is 0 Å². The van der Waals surface area contributed by atoms with E-state index in [2.05, 4.69) is 24.3 Å². The third kappa shape index (κ3) is 12.0. The average Bonchev–Trinajstić information content (AvgIpc) is 2.85. The van der Waals surface area contributed by atoms with Gasteiger partial charge in [0.1, 0.15) is 0 Å². The van der Waals surface area contributed by atoms with Crippen LogP contribution in [0, 0.1) is 0 Å². The molecule has 0 nitrogen and oxygen atoms in total. The normalized spacial score (nSPS) is 21.5. The fraction of sp³-hybridized carbons (Fsp3) is 0.684. The first-order chi connectivity index (χ1) is 9.50. The van der Waals surface area contributed by atoms with Crippen molar-refractivity contribution in [3.63, 3.8) is 0 Å². The number of rotatable bonds is 0. The van der Waals surface area contributed by atoms with Gasteiger partial charge in [-0.25, -0.2) is 0 Å². The molecule has 0 N–H and O–H groups in total. The summed E-state index contributed by atoms with van der Waals surface area (Å²) in [6, 6.07) is 0. The fourth-order valence-electron chi connectivity index (χ4n) is 2.64. The summed E-state index contributed by atoms with van der Waals surface area (Å²) in [7, 11) is 0. The number of allylic oxidation sites excluding steroid dienone is 6. The second-order valence-corrected chi connectivity index (χ2v) is 5.72. The van der Waals surface area contributed by atoms with E-state index in [1.807, 2.05) is 12.2 Å². The Hall–Kier alpha value is -0.780. The first-order valence-corrected chi connectivity index (χ1v) is 8.48. The van der Waals surface area contributed by atoms with Crippen molar-refractivity contribution in [1.29, 1.82) is 0 Å². The highest BCUT2D eigenvalue weighted by Crippen LogP contribution is 2.15. The van der Waals surface area contributed by atoms with Crippen LogP contribution in [0.2, 0.25) is 0 Å². The lowest BCUT2D eigenvalue weighted by atomic mass is 10.0. The van der Waals surface area contributed by atoms with Crippen molar-refractivity contribution in [2.24, 2.45) is 0 Å². The second kappa shape index (κ2) is 13.6. The van der Waals surface area contributed by atoms with Crippen LogP contribution in [0.3, 0.4) is 0 Å². The highest BCUT2D eigenvalue weighted by Gasteiger charge is 1.96. The molecule has 2 fully saturated rings. The van der Waals surface area contributed by atoms with Crippen LogP contribution < -0.4 is 0 Å². The van der Waals surface area contributed by atoms with E-state index in [4.69, 9.17) is 0 Å². The largest absolute Gasteiger partial charge is 0.0807 e. The van der Waals surface area contributed by atoms with Gasteiger partial charge >= 0.3 is 0 Å². The molecule has 0 bridgehead atoms. The molecule has 0 amide bonds. The van der Waals surface area contributed by atoms with E-state index < -0.39 is 0 Å². The molecule has 3 aliphatic rings. The van der Waals surface area contributed by atoms with E-state index in [0.717, 1.165) is 6.42 Å². The summed E-state index contributed by atoms with van der Waals surface area (Å²) >= 11 is 0. The Kier molecular flexibility index (Phi) is 11.7. The molecule has 2 saturated carbocycles. The van der Waals surface area contributed by atoms with E-state index in [0.29, 0.717) is 0 Å². The van der Waals surface area contributed by atoms with Gasteiger partial charge in [-0.15, -0.1) is 0 Å². The quantitative estimate of drug-likeness (QED) is 0.452. The van der Waals surface area contributed by atoms with Crippen LogP contribution in [0.25, 0.3) is 0 Å². The van der Waals surface area contributed by atoms with Crippen molar-refractivity contribution in [2.45, 2.75) is 83.5 Å². The van der Waals surface area contributed by atoms with E-state index in [1.54, 1.807) is 0 Å². The summed E-state index contributed by atoms with van der Waals surface area (Å²) < 4.78 is 0. The fourth-order valence-corrected chi connectivity index (χ4v) is 2.64. The van der Waals surface area contributed by atoms with E-state index in [1.165, 1.54) is 77.0 Å². The summed E-state index contributed by atoms with van der Waals surface area (Å²) in [5.41, 5.74) is 0. The maximum absolute atomic E-state index is 2.12. The Labute approximate surface area is 120 Å². The Morgan fingerprint density at radius 1 is 0.316 bits per heavy atom. The van der Waals surface area contributed by atoms with Crippen molar-refractivity contribution in [3.8, 4) is 0 Å². The van der Waals surface area contributed by atoms with Gasteiger partial charge in [0.25, 0.3) is 0 Å². The highest BCUT2D eigenvalue weighted by molar-refractivity contribution is 5.16. The zero-order chi connectivity index (χ0) is 13.4. The van der Waals surface area contributed by atoms with Gasteiger partial charge in [-0.05, 0) is 6.42 Å². The molecule has 0 spiro atoms. The van der Waals surface area contributed by atoms with Crippen LogP contribution in [0.5, 0.6) is 0 Å². The Bertz CT molecular complexity index is 200. The molecular weight excluding hydrogens is 228 g/mol. The van der Waals surface area contributed by atoms with Crippen LogP contribution in [0.15, 0.2) is 36.5 Å². The zero-order valence-electron chi connectivity index (χ0n) is 12.7. The molecule has 0 heteroatoms. The van der Waals surface area contributed by atoms with Crippen LogP contribution in [0.1, 0.15) is 83.5 Å². The molecule has 3 rings (SSSR count). The van der Waals surface area contributed by atoms with Crippen molar-refractivity contribution in [2.75, 3.05) is 0 Å². The van der Waals surface area contributed by atoms with E-state index in [-0.39, 0.29) is 0 Å². The van der Waals surface area contributed by atoms with Gasteiger partial charge in [0.05, 0.1) is 0 Å². The minimum absolute atomic E-state index is 1.08. The predicted octanol–water partition coefficient (Wildman–Crippen LogP) is 6.74. The molecule has 0 atom stereocenters. The van der Waals surface area contributed by atoms with Gasteiger partial charge in [0.15, 0.2) is 0 Å². The molecule has 0 aliphatic heterocycles. The first kappa shape index (κ1) is 16.3. The smallest absolute Gasteiger partial charge is 0.0163 e. The van der Waals surface area contributed by atoms with Crippen molar-refractivity contribution in [1.82, 2.24) is 0 Å². The van der Waals surface area contributed by atoms with Gasteiger partial charge in [0, 0.05) is 0 Å². The van der Waals surface area contributed by atoms with Gasteiger partial charge < -0.3 is 0 Å². The second-order valence-electron chi connectivity index (χ2n) is 5.72. The molecule has 108 valence electrons. The van der Waals surface area contributed by atoms with Gasteiger partial charge in [-0.2, -0.15) is 0 Å². The molecule has 0 unspecified atom stereocenters. The third-order valence-electron chi connectivity index (χ3n) is 3.88. The highest BCUT2D eigenvalue weighted by atomic mass is 14.0. The van der Waals surface area contributed by atoms with Crippen LogP contribution in [-0.4, -0.2) is 0 Å². The standard InChI is InChI=1S/C7H8.2C6H12/c1-2-4-6-7-5-3-1;2*1-2-4-6-5-3-1/h1-6H,7H2;2*1-6H2. The predicted molar refractivity (Wildman–Crippen MR) is 87.4 cm³/mol. The van der Waals surface area contributed by atoms with Crippen molar-refractivity contribution in [3.05, 3.63) is 36.5 Å². The van der Waals surface area contributed by atoms with Crippen LogP contribution in [0.4, 0.5) is 0 Å². The lowest BCUT2D eigenvalue weighted by molar-refractivity contribution is 0.504. The van der Waals surface area contributed by atoms with E-state index >= 15 is 0 Å². The Morgan fingerprint density at radius 3 is 0.842 bits per heavy atom. The summed E-state index contributed by atoms with van der Waals surface area (Å²) in [5.74, 6) is 0. The number of hydrogen-bond acceptors (Lipinski definition) is 0. The molecule has 0 aromatic carbocycles. The number of hydrogen-bond donors (Lipinski definition) is 0. The lowest BCUT2D eigenvalue weighted by Crippen LogP contribution is -1.85. The Morgan fingerprint density at radius 2 is 0.579 bits per heavy atom. The third-order valence-corrected chi connectivity index (χ3v) is 3.88. The van der Waals surface area contributed by atoms with Gasteiger partial charge in [0.2, 0.25) is 0 Å². The molecule has 0 radical (unpaired) electrons. The zero-order valence-corrected chi connectivity index (χ0v) is 12.7. The summed E-state index contributed by atoms with van der Waals surface area (Å²) in [6.45, 7) is 0. The van der Waals surface area contributed by atoms with Crippen LogP contribution >= 0.6 is 0 Å². The van der Waals surface area contributed by atoms with Crippen LogP contribution in [-0.2, 0) is 0 Å². The Balaban J connectivity index is 0.000000143. The molecular formula is C19H32. The van der Waals surface area contributed by atoms with E-state index in [9.17, 15) is 0 Å². The lowest BCUT2D eigenvalue weighted by Gasteiger charge is -2.05. The van der Waals surface area contributed by atoms with Gasteiger partial charge in [-0.3, -0.25) is 0 Å². The minimum atomic E-state index is 1.08.